The van der Waals surface area contributed by atoms with Crippen LogP contribution in [0.25, 0.3) is 0 Å². The Morgan fingerprint density at radius 3 is 2.24 bits per heavy atom. The summed E-state index contributed by atoms with van der Waals surface area (Å²) < 4.78 is 4.62. The number of ether oxygens (including phenoxy) is 1. The summed E-state index contributed by atoms with van der Waals surface area (Å²) in [5, 5.41) is 2.74. The van der Waals surface area contributed by atoms with Gasteiger partial charge in [-0.3, -0.25) is 14.4 Å². The van der Waals surface area contributed by atoms with Crippen molar-refractivity contribution in [2.75, 3.05) is 20.7 Å². The summed E-state index contributed by atoms with van der Waals surface area (Å²) in [6, 6.07) is -0.601. The predicted octanol–water partition coefficient (Wildman–Crippen LogP) is 0.937. The van der Waals surface area contributed by atoms with Gasteiger partial charge in [0.25, 0.3) is 0 Å². The van der Waals surface area contributed by atoms with Crippen molar-refractivity contribution in [3.05, 3.63) is 0 Å². The zero-order valence-electron chi connectivity index (χ0n) is 13.5. The Morgan fingerprint density at radius 1 is 1.24 bits per heavy atom. The van der Waals surface area contributed by atoms with Crippen LogP contribution in [0.2, 0.25) is 0 Å². The minimum atomic E-state index is -0.640. The quantitative estimate of drug-likeness (QED) is 0.534. The van der Waals surface area contributed by atoms with Gasteiger partial charge in [0.2, 0.25) is 13.8 Å². The van der Waals surface area contributed by atoms with Crippen LogP contribution < -0.4 is 5.32 Å². The maximum Gasteiger partial charge on any atom is 0.308 e. The molecule has 21 heavy (non-hydrogen) atoms. The largest absolute Gasteiger partial charge is 0.469 e. The van der Waals surface area contributed by atoms with Gasteiger partial charge in [-0.2, -0.15) is 0 Å². The van der Waals surface area contributed by atoms with E-state index in [1.807, 2.05) is 13.8 Å². The molecule has 6 nitrogen and oxygen atoms in total. The van der Waals surface area contributed by atoms with Crippen molar-refractivity contribution in [3.8, 4) is 0 Å². The van der Waals surface area contributed by atoms with Crippen molar-refractivity contribution < 1.29 is 19.1 Å². The topological polar surface area (TPSA) is 75.7 Å². The van der Waals surface area contributed by atoms with Gasteiger partial charge in [-0.05, 0) is 18.8 Å². The molecule has 1 N–H and O–H groups in total. The number of rotatable bonds is 8. The van der Waals surface area contributed by atoms with Gasteiger partial charge in [-0.25, -0.2) is 0 Å². The van der Waals surface area contributed by atoms with Crippen molar-refractivity contribution in [2.24, 2.45) is 11.8 Å². The Kier molecular flexibility index (Phi) is 8.73. The lowest BCUT2D eigenvalue weighted by Crippen LogP contribution is -2.48. The molecule has 0 aromatic rings. The van der Waals surface area contributed by atoms with Crippen molar-refractivity contribution in [2.45, 2.75) is 39.7 Å². The van der Waals surface area contributed by atoms with Crippen molar-refractivity contribution in [1.82, 2.24) is 10.2 Å². The monoisotopic (exact) mass is 296 g/mol. The Hall–Kier alpha value is -1.53. The average Bonchev–Trinajstić information content (AvgIpc) is 2.42. The van der Waals surface area contributed by atoms with E-state index in [0.717, 1.165) is 0 Å². The van der Waals surface area contributed by atoms with Gasteiger partial charge >= 0.3 is 5.97 Å². The highest BCUT2D eigenvalue weighted by Gasteiger charge is 2.25. The first kappa shape index (κ1) is 19.5. The third kappa shape index (κ3) is 7.15. The molecule has 0 unspecified atom stereocenters. The second kappa shape index (κ2) is 9.42. The molecule has 0 aliphatic carbocycles. The van der Waals surface area contributed by atoms with Gasteiger partial charge in [0.1, 0.15) is 6.04 Å². The number of amides is 2. The number of carbonyl (C=O) groups excluding carboxylic acids is 3. The Bertz CT molecular complexity index is 374. The molecule has 0 aliphatic heterocycles. The molecule has 118 valence electrons. The van der Waals surface area contributed by atoms with Crippen LogP contribution in [0.5, 0.6) is 0 Å². The fourth-order valence-electron chi connectivity index (χ4n) is 1.89. The lowest BCUT2D eigenvalue weighted by molar-refractivity contribution is -0.145. The summed E-state index contributed by atoms with van der Waals surface area (Å²) in [4.78, 5) is 35.9. The third-order valence-electron chi connectivity index (χ3n) is 3.29. The minimum Gasteiger partial charge on any atom is -0.469 e. The number of carbonyl (C=O) groups is 3. The summed E-state index contributed by atoms with van der Waals surface area (Å²) in [5.74, 6) is -1.25. The van der Waals surface area contributed by atoms with Crippen LogP contribution in [0.4, 0.5) is 4.79 Å². The first-order chi connectivity index (χ1) is 9.70. The van der Waals surface area contributed by atoms with Crippen LogP contribution in [0.15, 0.2) is 0 Å². The number of esters is 1. The molecule has 0 saturated carbocycles. The SMILES string of the molecule is [B]C(=O)N(C)[C@@H](CC(C)C)C(=O)NCC[C@H](C)C(=O)OC. The van der Waals surface area contributed by atoms with E-state index in [9.17, 15) is 14.4 Å². The normalized spacial score (nSPS) is 13.4. The standard InChI is InChI=1S/C14H25BN2O4/c1-9(2)8-11(17(4)14(15)20)12(18)16-7-6-10(3)13(19)21-5/h9-11H,6-8H2,1-5H3,(H,16,18)/t10-,11-/m0/s1. The maximum absolute atomic E-state index is 12.2. The predicted molar refractivity (Wildman–Crippen MR) is 81.0 cm³/mol. The second-order valence-corrected chi connectivity index (χ2v) is 5.60. The molecule has 0 aromatic heterocycles. The number of nitrogens with zero attached hydrogens (tertiary/aromatic N) is 1. The number of nitrogens with one attached hydrogen (secondary N) is 1. The lowest BCUT2D eigenvalue weighted by atomic mass is 9.99. The summed E-state index contributed by atoms with van der Waals surface area (Å²) in [5.41, 5.74) is 0. The highest BCUT2D eigenvalue weighted by molar-refractivity contribution is 6.57. The average molecular weight is 296 g/mol. The molecular weight excluding hydrogens is 271 g/mol. The Balaban J connectivity index is 4.48. The fraction of sp³-hybridized carbons (Fsp3) is 0.786. The molecular formula is C14H25BN2O4. The first-order valence-corrected chi connectivity index (χ1v) is 7.08. The fourth-order valence-corrected chi connectivity index (χ4v) is 1.89. The van der Waals surface area contributed by atoms with Crippen LogP contribution in [-0.4, -0.2) is 57.2 Å². The van der Waals surface area contributed by atoms with E-state index < -0.39 is 11.8 Å². The van der Waals surface area contributed by atoms with Crippen molar-refractivity contribution in [3.63, 3.8) is 0 Å². The van der Waals surface area contributed by atoms with E-state index in [-0.39, 0.29) is 23.7 Å². The Labute approximate surface area is 128 Å². The van der Waals surface area contributed by atoms with Crippen LogP contribution in [0, 0.1) is 11.8 Å². The van der Waals surface area contributed by atoms with Crippen LogP contribution in [-0.2, 0) is 14.3 Å². The van der Waals surface area contributed by atoms with Crippen LogP contribution >= 0.6 is 0 Å². The van der Waals surface area contributed by atoms with Crippen molar-refractivity contribution >= 4 is 25.5 Å². The van der Waals surface area contributed by atoms with E-state index >= 15 is 0 Å². The molecule has 2 radical (unpaired) electrons. The molecule has 7 heteroatoms. The van der Waals surface area contributed by atoms with Gasteiger partial charge in [0, 0.05) is 13.6 Å². The molecule has 0 rings (SSSR count). The number of methoxy groups -OCH3 is 1. The van der Waals surface area contributed by atoms with Gasteiger partial charge in [0.15, 0.2) is 5.81 Å². The summed E-state index contributed by atoms with van der Waals surface area (Å²) in [6.07, 6.45) is 1.00. The second-order valence-electron chi connectivity index (χ2n) is 5.60. The van der Waals surface area contributed by atoms with E-state index in [1.165, 1.54) is 19.1 Å². The molecule has 0 saturated heterocycles. The smallest absolute Gasteiger partial charge is 0.308 e. The number of hydrogen-bond acceptors (Lipinski definition) is 4. The lowest BCUT2D eigenvalue weighted by Gasteiger charge is -2.28. The first-order valence-electron chi connectivity index (χ1n) is 7.08. The molecule has 0 fully saturated rings. The highest BCUT2D eigenvalue weighted by atomic mass is 16.5. The van der Waals surface area contributed by atoms with Crippen molar-refractivity contribution in [1.29, 1.82) is 0 Å². The number of likely N-dealkylation sites (N-methyl/N-ethyl adjacent to an activating group) is 1. The van der Waals surface area contributed by atoms with E-state index in [2.05, 4.69) is 10.1 Å². The molecule has 2 atom stereocenters. The molecule has 2 amide bonds. The minimum absolute atomic E-state index is 0.247. The molecule has 0 aliphatic rings. The third-order valence-corrected chi connectivity index (χ3v) is 3.29. The molecule has 0 aromatic carbocycles. The van der Waals surface area contributed by atoms with Gasteiger partial charge in [-0.15, -0.1) is 0 Å². The molecule has 0 spiro atoms. The van der Waals surface area contributed by atoms with Crippen LogP contribution in [0.3, 0.4) is 0 Å². The maximum atomic E-state index is 12.2. The summed E-state index contributed by atoms with van der Waals surface area (Å²) in [7, 11) is 8.07. The van der Waals surface area contributed by atoms with E-state index in [0.29, 0.717) is 19.4 Å². The summed E-state index contributed by atoms with van der Waals surface area (Å²) >= 11 is 0. The molecule has 0 heterocycles. The van der Waals surface area contributed by atoms with Gasteiger partial charge < -0.3 is 15.0 Å². The molecule has 0 bridgehead atoms. The van der Waals surface area contributed by atoms with Gasteiger partial charge in [-0.1, -0.05) is 20.8 Å². The highest BCUT2D eigenvalue weighted by Crippen LogP contribution is 2.11. The van der Waals surface area contributed by atoms with E-state index in [4.69, 9.17) is 7.85 Å². The summed E-state index contributed by atoms with van der Waals surface area (Å²) in [6.45, 7) is 6.01. The van der Waals surface area contributed by atoms with Gasteiger partial charge in [0.05, 0.1) is 13.0 Å². The zero-order chi connectivity index (χ0) is 16.6. The number of hydrogen-bond donors (Lipinski definition) is 1. The zero-order valence-corrected chi connectivity index (χ0v) is 13.5. The Morgan fingerprint density at radius 2 is 1.81 bits per heavy atom. The van der Waals surface area contributed by atoms with Crippen LogP contribution in [0.1, 0.15) is 33.6 Å². The van der Waals surface area contributed by atoms with E-state index in [1.54, 1.807) is 6.92 Å².